The predicted molar refractivity (Wildman–Crippen MR) is 348 cm³/mol. The van der Waals surface area contributed by atoms with Crippen LogP contribution in [0.1, 0.15) is 258 Å². The van der Waals surface area contributed by atoms with Crippen molar-refractivity contribution in [1.82, 2.24) is 0 Å². The summed E-state index contributed by atoms with van der Waals surface area (Å²) in [6.07, 6.45) is 97.9. The molecule has 0 aromatic carbocycles. The molecule has 1 unspecified atom stereocenters. The summed E-state index contributed by atoms with van der Waals surface area (Å²) in [5, 5.41) is 0. The van der Waals surface area contributed by atoms with Crippen molar-refractivity contribution in [3.63, 3.8) is 0 Å². The third-order valence-corrected chi connectivity index (χ3v) is 12.9. The zero-order valence-electron chi connectivity index (χ0n) is 51.3. The number of carbonyl (C=O) groups is 3. The molecule has 0 aromatic heterocycles. The SMILES string of the molecule is CC/C=C\C/C=C\C/C=C\C/C=C\C/C=C\C/C=C\C/C=C\C/C=C\CCCCC(=O)OCC(COC(=O)CCC/C=C\C/C=C\C/C=C\C/C=C\C/C=C\CC)OC(=O)CCCCCCCCC/C=C\CCCCCCCCC. The first kappa shape index (κ1) is 74.8. The van der Waals surface area contributed by atoms with Gasteiger partial charge in [-0.05, 0) is 148 Å². The van der Waals surface area contributed by atoms with Gasteiger partial charge in [0.1, 0.15) is 13.2 Å². The van der Waals surface area contributed by atoms with Crippen LogP contribution in [0.2, 0.25) is 0 Å². The van der Waals surface area contributed by atoms with Gasteiger partial charge in [-0.3, -0.25) is 14.4 Å². The second-order valence-electron chi connectivity index (χ2n) is 20.5. The van der Waals surface area contributed by atoms with Crippen molar-refractivity contribution in [2.24, 2.45) is 0 Å². The number of hydrogen-bond donors (Lipinski definition) is 0. The average Bonchev–Trinajstić information content (AvgIpc) is 3.46. The minimum atomic E-state index is -0.832. The maximum absolute atomic E-state index is 12.9. The molecule has 80 heavy (non-hydrogen) atoms. The molecule has 0 heterocycles. The Morgan fingerprint density at radius 1 is 0.263 bits per heavy atom. The normalized spacial score (nSPS) is 13.3. The molecule has 0 rings (SSSR count). The zero-order valence-corrected chi connectivity index (χ0v) is 51.3. The van der Waals surface area contributed by atoms with Crippen LogP contribution < -0.4 is 0 Å². The summed E-state index contributed by atoms with van der Waals surface area (Å²) in [5.41, 5.74) is 0. The lowest BCUT2D eigenvalue weighted by Gasteiger charge is -2.18. The van der Waals surface area contributed by atoms with Crippen LogP contribution in [0.4, 0.5) is 0 Å². The summed E-state index contributed by atoms with van der Waals surface area (Å²) in [7, 11) is 0. The molecule has 0 N–H and O–H groups in total. The highest BCUT2D eigenvalue weighted by Crippen LogP contribution is 2.14. The van der Waals surface area contributed by atoms with Crippen LogP contribution in [0.15, 0.2) is 170 Å². The van der Waals surface area contributed by atoms with Gasteiger partial charge in [-0.15, -0.1) is 0 Å². The van der Waals surface area contributed by atoms with Crippen molar-refractivity contribution in [2.45, 2.75) is 264 Å². The van der Waals surface area contributed by atoms with Gasteiger partial charge in [0.05, 0.1) is 0 Å². The highest BCUT2D eigenvalue weighted by atomic mass is 16.6. The van der Waals surface area contributed by atoms with E-state index in [0.29, 0.717) is 19.3 Å². The molecule has 0 aromatic rings. The van der Waals surface area contributed by atoms with Gasteiger partial charge < -0.3 is 14.2 Å². The summed E-state index contributed by atoms with van der Waals surface area (Å²) in [6, 6.07) is 0. The standard InChI is InChI=1S/C74H116O6/c1-4-7-10-13-16-19-22-25-28-31-33-34-35-36-37-38-39-40-41-44-46-49-52-55-58-61-64-67-73(76)79-70-71(69-78-72(75)66-63-60-57-54-51-48-45-42-30-27-24-21-18-15-12-9-6-3)80-74(77)68-65-62-59-56-53-50-47-43-32-29-26-23-20-17-14-11-8-5-2/h7,9-10,12,16,18-19,21,25,27-30,32-34,36-37,39-40,44-46,48,52,54-55,57,71H,4-6,8,11,13-15,17,20,22-24,26,31,35,38,41-43,47,49-51,53,56,58-70H2,1-3H3/b10-7-,12-9-,19-16-,21-18-,28-25-,30-27-,32-29-,34-33-,37-36-,40-39-,46-44-,48-45-,55-52-,57-54-. The smallest absolute Gasteiger partial charge is 0.306 e. The number of unbranched alkanes of at least 4 members (excludes halogenated alkanes) is 17. The Kier molecular flexibility index (Phi) is 61.9. The zero-order chi connectivity index (χ0) is 57.8. The second kappa shape index (κ2) is 66.3. The molecule has 0 amide bonds. The van der Waals surface area contributed by atoms with E-state index in [9.17, 15) is 14.4 Å². The fraction of sp³-hybridized carbons (Fsp3) is 0.581. The first-order chi connectivity index (χ1) is 39.5. The van der Waals surface area contributed by atoms with Gasteiger partial charge in [-0.25, -0.2) is 0 Å². The monoisotopic (exact) mass is 1100 g/mol. The molecule has 0 fully saturated rings. The van der Waals surface area contributed by atoms with E-state index in [1.165, 1.54) is 83.5 Å². The van der Waals surface area contributed by atoms with E-state index in [1.54, 1.807) is 0 Å². The Hall–Kier alpha value is -5.23. The predicted octanol–water partition coefficient (Wildman–Crippen LogP) is 22.3. The van der Waals surface area contributed by atoms with E-state index < -0.39 is 6.10 Å². The number of rotatable bonds is 56. The lowest BCUT2D eigenvalue weighted by molar-refractivity contribution is -0.167. The van der Waals surface area contributed by atoms with Gasteiger partial charge in [0.15, 0.2) is 6.10 Å². The second-order valence-corrected chi connectivity index (χ2v) is 20.5. The maximum Gasteiger partial charge on any atom is 0.306 e. The van der Waals surface area contributed by atoms with Gasteiger partial charge >= 0.3 is 17.9 Å². The maximum atomic E-state index is 12.9. The van der Waals surface area contributed by atoms with Crippen LogP contribution in [-0.4, -0.2) is 37.2 Å². The van der Waals surface area contributed by atoms with E-state index in [0.717, 1.165) is 122 Å². The average molecular weight is 1100 g/mol. The minimum Gasteiger partial charge on any atom is -0.462 e. The molecule has 448 valence electrons. The van der Waals surface area contributed by atoms with Gasteiger partial charge in [0.2, 0.25) is 0 Å². The van der Waals surface area contributed by atoms with Crippen molar-refractivity contribution < 1.29 is 28.6 Å². The fourth-order valence-corrected chi connectivity index (χ4v) is 8.19. The molecule has 0 saturated carbocycles. The first-order valence-corrected chi connectivity index (χ1v) is 32.1. The van der Waals surface area contributed by atoms with Crippen LogP contribution in [-0.2, 0) is 28.6 Å². The topological polar surface area (TPSA) is 78.9 Å². The van der Waals surface area contributed by atoms with Crippen molar-refractivity contribution in [2.75, 3.05) is 13.2 Å². The molecule has 0 aliphatic heterocycles. The lowest BCUT2D eigenvalue weighted by atomic mass is 10.1. The summed E-state index contributed by atoms with van der Waals surface area (Å²) in [6.45, 7) is 6.32. The quantitative estimate of drug-likeness (QED) is 0.0261. The molecule has 0 saturated heterocycles. The molecule has 0 spiro atoms. The van der Waals surface area contributed by atoms with E-state index in [4.69, 9.17) is 14.2 Å². The Bertz CT molecular complexity index is 1840. The van der Waals surface area contributed by atoms with Crippen LogP contribution in [0.25, 0.3) is 0 Å². The van der Waals surface area contributed by atoms with E-state index in [-0.39, 0.29) is 44.0 Å². The highest BCUT2D eigenvalue weighted by Gasteiger charge is 2.19. The summed E-state index contributed by atoms with van der Waals surface area (Å²) in [5.74, 6) is -1.04. The number of allylic oxidation sites excluding steroid dienone is 28. The van der Waals surface area contributed by atoms with Crippen LogP contribution in [0.3, 0.4) is 0 Å². The fourth-order valence-electron chi connectivity index (χ4n) is 8.19. The molecule has 1 atom stereocenters. The number of carbonyl (C=O) groups excluding carboxylic acids is 3. The Morgan fingerprint density at radius 3 is 0.850 bits per heavy atom. The molecule has 0 bridgehead atoms. The molecule has 6 heteroatoms. The largest absolute Gasteiger partial charge is 0.462 e. The molecular weight excluding hydrogens is 985 g/mol. The third-order valence-electron chi connectivity index (χ3n) is 12.9. The van der Waals surface area contributed by atoms with Gasteiger partial charge in [-0.1, -0.05) is 262 Å². The van der Waals surface area contributed by atoms with Crippen molar-refractivity contribution in [1.29, 1.82) is 0 Å². The number of esters is 3. The van der Waals surface area contributed by atoms with Gasteiger partial charge in [0, 0.05) is 19.3 Å². The third kappa shape index (κ3) is 63.6. The highest BCUT2D eigenvalue weighted by molar-refractivity contribution is 5.71. The molecule has 0 aliphatic rings. The van der Waals surface area contributed by atoms with E-state index >= 15 is 0 Å². The van der Waals surface area contributed by atoms with Crippen LogP contribution in [0, 0.1) is 0 Å². The van der Waals surface area contributed by atoms with Crippen molar-refractivity contribution in [3.8, 4) is 0 Å². The first-order valence-electron chi connectivity index (χ1n) is 32.1. The number of hydrogen-bond acceptors (Lipinski definition) is 6. The van der Waals surface area contributed by atoms with Crippen molar-refractivity contribution in [3.05, 3.63) is 170 Å². The lowest BCUT2D eigenvalue weighted by Crippen LogP contribution is -2.30. The molecule has 6 nitrogen and oxygen atoms in total. The minimum absolute atomic E-state index is 0.128. The summed E-state index contributed by atoms with van der Waals surface area (Å²) in [4.78, 5) is 38.3. The van der Waals surface area contributed by atoms with E-state index in [2.05, 4.69) is 191 Å². The van der Waals surface area contributed by atoms with Crippen LogP contribution in [0.5, 0.6) is 0 Å². The molecule has 0 aliphatic carbocycles. The summed E-state index contributed by atoms with van der Waals surface area (Å²) >= 11 is 0. The molecule has 0 radical (unpaired) electrons. The van der Waals surface area contributed by atoms with Gasteiger partial charge in [-0.2, -0.15) is 0 Å². The molecular formula is C74H116O6. The van der Waals surface area contributed by atoms with Crippen LogP contribution >= 0.6 is 0 Å². The number of ether oxygens (including phenoxy) is 3. The Balaban J connectivity index is 4.55. The Morgan fingerprint density at radius 2 is 0.500 bits per heavy atom. The van der Waals surface area contributed by atoms with Crippen molar-refractivity contribution >= 4 is 17.9 Å². The summed E-state index contributed by atoms with van der Waals surface area (Å²) < 4.78 is 16.8. The van der Waals surface area contributed by atoms with E-state index in [1.807, 2.05) is 0 Å². The van der Waals surface area contributed by atoms with Gasteiger partial charge in [0.25, 0.3) is 0 Å². The Labute approximate surface area is 492 Å².